The van der Waals surface area contributed by atoms with Crippen molar-refractivity contribution in [3.63, 3.8) is 0 Å². The highest BCUT2D eigenvalue weighted by Crippen LogP contribution is 2.20. The molecular weight excluding hydrogens is 216 g/mol. The lowest BCUT2D eigenvalue weighted by Crippen LogP contribution is -2.34. The molecule has 0 saturated carbocycles. The second-order valence-corrected chi connectivity index (χ2v) is 3.53. The fraction of sp³-hybridized carbons (Fsp3) is 0.455. The minimum absolute atomic E-state index is 0.134. The third-order valence-corrected chi connectivity index (χ3v) is 2.43. The quantitative estimate of drug-likeness (QED) is 0.859. The molecule has 1 aliphatic rings. The van der Waals surface area contributed by atoms with Gasteiger partial charge in [-0.25, -0.2) is 0 Å². The van der Waals surface area contributed by atoms with E-state index in [9.17, 15) is 8.78 Å². The van der Waals surface area contributed by atoms with E-state index in [4.69, 9.17) is 4.74 Å². The Hall–Kier alpha value is -1.20. The monoisotopic (exact) mass is 229 g/mol. The Kier molecular flexibility index (Phi) is 3.69. The van der Waals surface area contributed by atoms with Crippen LogP contribution in [0.1, 0.15) is 11.6 Å². The van der Waals surface area contributed by atoms with Crippen LogP contribution in [-0.4, -0.2) is 26.4 Å². The van der Waals surface area contributed by atoms with Crippen LogP contribution in [0.4, 0.5) is 8.78 Å². The standard InChI is InChI=1S/C11H13F2NO2/c12-11(13)16-9-3-1-8(2-4-9)10-7-15-6-5-14-10/h1-4,10-11,14H,5-7H2/t10-/m0/s1. The first-order chi connectivity index (χ1) is 7.75. The van der Waals surface area contributed by atoms with E-state index in [1.807, 2.05) is 0 Å². The number of rotatable bonds is 3. The van der Waals surface area contributed by atoms with Crippen LogP contribution in [0.3, 0.4) is 0 Å². The minimum atomic E-state index is -2.78. The van der Waals surface area contributed by atoms with E-state index in [1.54, 1.807) is 12.1 Å². The molecule has 1 aliphatic heterocycles. The van der Waals surface area contributed by atoms with Gasteiger partial charge in [0.15, 0.2) is 0 Å². The predicted octanol–water partition coefficient (Wildman–Crippen LogP) is 1.95. The van der Waals surface area contributed by atoms with Gasteiger partial charge in [0.05, 0.1) is 19.3 Å². The fourth-order valence-corrected chi connectivity index (χ4v) is 1.66. The topological polar surface area (TPSA) is 30.5 Å². The van der Waals surface area contributed by atoms with Gasteiger partial charge in [-0.2, -0.15) is 8.78 Å². The molecule has 3 nitrogen and oxygen atoms in total. The summed E-state index contributed by atoms with van der Waals surface area (Å²) in [5.41, 5.74) is 1.02. The summed E-state index contributed by atoms with van der Waals surface area (Å²) in [6, 6.07) is 6.75. The van der Waals surface area contributed by atoms with E-state index in [1.165, 1.54) is 12.1 Å². The van der Waals surface area contributed by atoms with Crippen molar-refractivity contribution in [3.8, 4) is 5.75 Å². The summed E-state index contributed by atoms with van der Waals surface area (Å²) in [7, 11) is 0. The highest BCUT2D eigenvalue weighted by atomic mass is 19.3. The first-order valence-electron chi connectivity index (χ1n) is 5.11. The zero-order valence-electron chi connectivity index (χ0n) is 8.66. The van der Waals surface area contributed by atoms with Crippen molar-refractivity contribution < 1.29 is 18.3 Å². The number of hydrogen-bond acceptors (Lipinski definition) is 3. The number of morpholine rings is 1. The van der Waals surface area contributed by atoms with Crippen molar-refractivity contribution in [1.82, 2.24) is 5.32 Å². The first kappa shape index (κ1) is 11.3. The smallest absolute Gasteiger partial charge is 0.387 e. The summed E-state index contributed by atoms with van der Waals surface area (Å²) >= 11 is 0. The van der Waals surface area contributed by atoms with Gasteiger partial charge in [0, 0.05) is 6.54 Å². The third kappa shape index (κ3) is 2.90. The SMILES string of the molecule is FC(F)Oc1ccc([C@@H]2COCCN2)cc1. The zero-order chi connectivity index (χ0) is 11.4. The van der Waals surface area contributed by atoms with Crippen molar-refractivity contribution in [1.29, 1.82) is 0 Å². The summed E-state index contributed by atoms with van der Waals surface area (Å²) in [5.74, 6) is 0.176. The van der Waals surface area contributed by atoms with E-state index >= 15 is 0 Å². The Morgan fingerprint density at radius 2 is 2.06 bits per heavy atom. The largest absolute Gasteiger partial charge is 0.435 e. The molecule has 1 aromatic carbocycles. The summed E-state index contributed by atoms with van der Waals surface area (Å²) in [4.78, 5) is 0. The molecule has 5 heteroatoms. The molecule has 0 radical (unpaired) electrons. The highest BCUT2D eigenvalue weighted by Gasteiger charge is 2.15. The second kappa shape index (κ2) is 5.23. The van der Waals surface area contributed by atoms with Crippen molar-refractivity contribution in [2.24, 2.45) is 0 Å². The van der Waals surface area contributed by atoms with E-state index in [-0.39, 0.29) is 11.8 Å². The normalized spacial score (nSPS) is 21.1. The first-order valence-corrected chi connectivity index (χ1v) is 5.11. The number of hydrogen-bond donors (Lipinski definition) is 1. The van der Waals surface area contributed by atoms with Gasteiger partial charge >= 0.3 is 6.61 Å². The van der Waals surface area contributed by atoms with Crippen LogP contribution in [-0.2, 0) is 4.74 Å². The maximum Gasteiger partial charge on any atom is 0.387 e. The van der Waals surface area contributed by atoms with Crippen LogP contribution < -0.4 is 10.1 Å². The van der Waals surface area contributed by atoms with Crippen LogP contribution >= 0.6 is 0 Å². The summed E-state index contributed by atoms with van der Waals surface area (Å²) in [6.45, 7) is -0.653. The number of alkyl halides is 2. The van der Waals surface area contributed by atoms with Crippen LogP contribution in [0.2, 0.25) is 0 Å². The molecule has 1 atom stereocenters. The Morgan fingerprint density at radius 1 is 1.31 bits per heavy atom. The minimum Gasteiger partial charge on any atom is -0.435 e. The number of ether oxygens (including phenoxy) is 2. The third-order valence-electron chi connectivity index (χ3n) is 2.43. The molecule has 2 rings (SSSR count). The molecule has 1 aromatic rings. The zero-order valence-corrected chi connectivity index (χ0v) is 8.66. The average molecular weight is 229 g/mol. The Labute approximate surface area is 92.4 Å². The van der Waals surface area contributed by atoms with Crippen LogP contribution in [0.15, 0.2) is 24.3 Å². The lowest BCUT2D eigenvalue weighted by molar-refractivity contribution is -0.0498. The van der Waals surface area contributed by atoms with Gasteiger partial charge in [-0.05, 0) is 17.7 Å². The maximum absolute atomic E-state index is 11.9. The lowest BCUT2D eigenvalue weighted by Gasteiger charge is -2.24. The highest BCUT2D eigenvalue weighted by molar-refractivity contribution is 5.29. The molecule has 1 fully saturated rings. The van der Waals surface area contributed by atoms with Crippen LogP contribution in [0.25, 0.3) is 0 Å². The van der Waals surface area contributed by atoms with Gasteiger partial charge in [-0.1, -0.05) is 12.1 Å². The van der Waals surface area contributed by atoms with Gasteiger partial charge in [0.1, 0.15) is 5.75 Å². The van der Waals surface area contributed by atoms with Crippen LogP contribution in [0.5, 0.6) is 5.75 Å². The summed E-state index contributed by atoms with van der Waals surface area (Å²) < 4.78 is 33.4. The molecule has 0 aliphatic carbocycles. The van der Waals surface area contributed by atoms with Crippen molar-refractivity contribution >= 4 is 0 Å². The fourth-order valence-electron chi connectivity index (χ4n) is 1.66. The molecule has 0 unspecified atom stereocenters. The average Bonchev–Trinajstić information content (AvgIpc) is 2.30. The molecular formula is C11H13F2NO2. The Bertz CT molecular complexity index is 323. The summed E-state index contributed by atoms with van der Waals surface area (Å²) in [6.07, 6.45) is 0. The molecule has 0 spiro atoms. The molecule has 16 heavy (non-hydrogen) atoms. The van der Waals surface area contributed by atoms with E-state index in [0.717, 1.165) is 12.1 Å². The number of halogens is 2. The van der Waals surface area contributed by atoms with Gasteiger partial charge in [0.25, 0.3) is 0 Å². The molecule has 88 valence electrons. The Balaban J connectivity index is 2.00. The second-order valence-electron chi connectivity index (χ2n) is 3.53. The number of benzene rings is 1. The summed E-state index contributed by atoms with van der Waals surface area (Å²) in [5, 5.41) is 3.28. The van der Waals surface area contributed by atoms with Gasteiger partial charge in [0.2, 0.25) is 0 Å². The van der Waals surface area contributed by atoms with E-state index in [2.05, 4.69) is 10.1 Å². The van der Waals surface area contributed by atoms with Crippen molar-refractivity contribution in [2.45, 2.75) is 12.7 Å². The number of nitrogens with one attached hydrogen (secondary N) is 1. The van der Waals surface area contributed by atoms with Gasteiger partial charge in [-0.3, -0.25) is 0 Å². The maximum atomic E-state index is 11.9. The molecule has 1 saturated heterocycles. The van der Waals surface area contributed by atoms with Gasteiger partial charge < -0.3 is 14.8 Å². The molecule has 0 aromatic heterocycles. The van der Waals surface area contributed by atoms with Crippen molar-refractivity contribution in [2.75, 3.05) is 19.8 Å². The molecule has 0 amide bonds. The molecule has 1 heterocycles. The molecule has 1 N–H and O–H groups in total. The van der Waals surface area contributed by atoms with Gasteiger partial charge in [-0.15, -0.1) is 0 Å². The molecule has 0 bridgehead atoms. The predicted molar refractivity (Wildman–Crippen MR) is 54.6 cm³/mol. The van der Waals surface area contributed by atoms with E-state index < -0.39 is 6.61 Å². The Morgan fingerprint density at radius 3 is 2.62 bits per heavy atom. The lowest BCUT2D eigenvalue weighted by atomic mass is 10.1. The van der Waals surface area contributed by atoms with Crippen LogP contribution in [0, 0.1) is 0 Å². The van der Waals surface area contributed by atoms with E-state index in [0.29, 0.717) is 13.2 Å². The van der Waals surface area contributed by atoms with Crippen molar-refractivity contribution in [3.05, 3.63) is 29.8 Å².